The predicted octanol–water partition coefficient (Wildman–Crippen LogP) is 1.70. The van der Waals surface area contributed by atoms with Crippen molar-refractivity contribution in [2.45, 2.75) is 38.6 Å². The third-order valence-corrected chi connectivity index (χ3v) is 3.74. The number of hydrogen-bond donors (Lipinski definition) is 1. The number of rotatable bonds is 2. The molecule has 0 aromatic carbocycles. The van der Waals surface area contributed by atoms with Gasteiger partial charge in [0.15, 0.2) is 0 Å². The van der Waals surface area contributed by atoms with Gasteiger partial charge in [-0.3, -0.25) is 4.79 Å². The van der Waals surface area contributed by atoms with Crippen molar-refractivity contribution in [3.05, 3.63) is 11.6 Å². The molecular formula is C13H20N2O3. The van der Waals surface area contributed by atoms with Crippen LogP contribution in [0.2, 0.25) is 0 Å². The fourth-order valence-corrected chi connectivity index (χ4v) is 2.63. The third-order valence-electron chi connectivity index (χ3n) is 3.74. The van der Waals surface area contributed by atoms with Crippen LogP contribution in [0.5, 0.6) is 0 Å². The van der Waals surface area contributed by atoms with Crippen LogP contribution in [0, 0.1) is 0 Å². The first kappa shape index (κ1) is 12.9. The first-order valence-electron chi connectivity index (χ1n) is 6.51. The molecule has 1 atom stereocenters. The lowest BCUT2D eigenvalue weighted by molar-refractivity contribution is -0.138. The molecule has 5 nitrogen and oxygen atoms in total. The van der Waals surface area contributed by atoms with Gasteiger partial charge in [-0.25, -0.2) is 4.79 Å². The molecule has 100 valence electrons. The molecule has 2 rings (SSSR count). The molecular weight excluding hydrogens is 232 g/mol. The average molecular weight is 252 g/mol. The van der Waals surface area contributed by atoms with Gasteiger partial charge in [0.25, 0.3) is 0 Å². The lowest BCUT2D eigenvalue weighted by atomic mass is 10.1. The Kier molecular flexibility index (Phi) is 3.89. The van der Waals surface area contributed by atoms with Gasteiger partial charge < -0.3 is 14.9 Å². The van der Waals surface area contributed by atoms with E-state index in [4.69, 9.17) is 5.11 Å². The molecule has 2 aliphatic heterocycles. The first-order chi connectivity index (χ1) is 8.58. The molecule has 2 amide bonds. The number of amides is 2. The number of aliphatic carboxylic acids is 1. The summed E-state index contributed by atoms with van der Waals surface area (Å²) < 4.78 is 0. The van der Waals surface area contributed by atoms with Crippen LogP contribution >= 0.6 is 0 Å². The topological polar surface area (TPSA) is 60.9 Å². The Morgan fingerprint density at radius 1 is 1.44 bits per heavy atom. The average Bonchev–Trinajstić information content (AvgIpc) is 2.76. The van der Waals surface area contributed by atoms with Gasteiger partial charge in [0.2, 0.25) is 0 Å². The molecule has 0 bridgehead atoms. The molecule has 18 heavy (non-hydrogen) atoms. The van der Waals surface area contributed by atoms with E-state index >= 15 is 0 Å². The Morgan fingerprint density at radius 3 is 2.83 bits per heavy atom. The van der Waals surface area contributed by atoms with Crippen molar-refractivity contribution in [3.63, 3.8) is 0 Å². The zero-order valence-corrected chi connectivity index (χ0v) is 10.8. The molecule has 1 N–H and O–H groups in total. The maximum atomic E-state index is 12.3. The van der Waals surface area contributed by atoms with Crippen molar-refractivity contribution in [1.82, 2.24) is 9.80 Å². The molecule has 0 aromatic rings. The summed E-state index contributed by atoms with van der Waals surface area (Å²) in [6, 6.07) is -0.121. The van der Waals surface area contributed by atoms with Gasteiger partial charge in [0.1, 0.15) is 0 Å². The van der Waals surface area contributed by atoms with E-state index in [1.54, 1.807) is 4.90 Å². The van der Waals surface area contributed by atoms with Crippen LogP contribution < -0.4 is 0 Å². The van der Waals surface area contributed by atoms with Crippen LogP contribution in [0.3, 0.4) is 0 Å². The molecule has 0 radical (unpaired) electrons. The summed E-state index contributed by atoms with van der Waals surface area (Å²) in [5.74, 6) is -0.825. The quantitative estimate of drug-likeness (QED) is 0.761. The number of likely N-dealkylation sites (tertiary alicyclic amines) is 1. The first-order valence-corrected chi connectivity index (χ1v) is 6.51. The lowest BCUT2D eigenvalue weighted by Gasteiger charge is -2.32. The molecule has 2 heterocycles. The molecule has 0 aromatic heterocycles. The van der Waals surface area contributed by atoms with Crippen LogP contribution in [0.1, 0.15) is 32.6 Å². The van der Waals surface area contributed by atoms with Crippen molar-refractivity contribution in [2.24, 2.45) is 0 Å². The monoisotopic (exact) mass is 252 g/mol. The Bertz CT molecular complexity index is 378. The van der Waals surface area contributed by atoms with Crippen LogP contribution in [0.4, 0.5) is 4.79 Å². The molecule has 2 aliphatic rings. The smallest absolute Gasteiger partial charge is 0.320 e. The highest BCUT2D eigenvalue weighted by Crippen LogP contribution is 2.23. The van der Waals surface area contributed by atoms with Crippen molar-refractivity contribution in [2.75, 3.05) is 19.6 Å². The number of urea groups is 1. The van der Waals surface area contributed by atoms with Crippen LogP contribution in [-0.4, -0.2) is 52.6 Å². The second kappa shape index (κ2) is 5.42. The van der Waals surface area contributed by atoms with Crippen LogP contribution in [0.15, 0.2) is 11.6 Å². The summed E-state index contributed by atoms with van der Waals surface area (Å²) in [6.07, 6.45) is 4.77. The second-order valence-electron chi connectivity index (χ2n) is 5.12. The van der Waals surface area contributed by atoms with E-state index in [0.717, 1.165) is 25.8 Å². The standard InChI is InChI=1S/C13H20N2O3/c1-10-4-7-14(8-5-10)13(18)15-6-2-3-11(15)9-12(16)17/h4,11H,2-3,5-9H2,1H3,(H,16,17). The van der Waals surface area contributed by atoms with Gasteiger partial charge in [-0.15, -0.1) is 0 Å². The molecule has 1 unspecified atom stereocenters. The summed E-state index contributed by atoms with van der Waals surface area (Å²) >= 11 is 0. The molecule has 0 aliphatic carbocycles. The van der Waals surface area contributed by atoms with E-state index < -0.39 is 5.97 Å². The minimum Gasteiger partial charge on any atom is -0.481 e. The highest BCUT2D eigenvalue weighted by molar-refractivity contribution is 5.77. The third kappa shape index (κ3) is 2.83. The number of carbonyl (C=O) groups excluding carboxylic acids is 1. The highest BCUT2D eigenvalue weighted by atomic mass is 16.4. The molecule has 1 saturated heterocycles. The van der Waals surface area contributed by atoms with Gasteiger partial charge in [-0.1, -0.05) is 11.6 Å². The minimum atomic E-state index is -0.825. The Balaban J connectivity index is 1.97. The lowest BCUT2D eigenvalue weighted by Crippen LogP contribution is -2.47. The van der Waals surface area contributed by atoms with Crippen molar-refractivity contribution in [3.8, 4) is 0 Å². The van der Waals surface area contributed by atoms with Gasteiger partial charge >= 0.3 is 12.0 Å². The maximum Gasteiger partial charge on any atom is 0.320 e. The SMILES string of the molecule is CC1=CCN(C(=O)N2CCCC2CC(=O)O)CC1. The Labute approximate surface area is 107 Å². The molecule has 1 fully saturated rings. The van der Waals surface area contributed by atoms with Crippen molar-refractivity contribution >= 4 is 12.0 Å². The molecule has 5 heteroatoms. The zero-order chi connectivity index (χ0) is 13.1. The van der Waals surface area contributed by atoms with E-state index in [0.29, 0.717) is 13.1 Å². The van der Waals surface area contributed by atoms with E-state index in [1.807, 2.05) is 4.90 Å². The maximum absolute atomic E-state index is 12.3. The summed E-state index contributed by atoms with van der Waals surface area (Å²) in [4.78, 5) is 26.7. The van der Waals surface area contributed by atoms with Crippen molar-refractivity contribution < 1.29 is 14.7 Å². The fraction of sp³-hybridized carbons (Fsp3) is 0.692. The van der Waals surface area contributed by atoms with E-state index in [2.05, 4.69) is 13.0 Å². The minimum absolute atomic E-state index is 0.00231. The molecule has 0 spiro atoms. The van der Waals surface area contributed by atoms with E-state index in [1.165, 1.54) is 5.57 Å². The number of hydrogen-bond acceptors (Lipinski definition) is 2. The predicted molar refractivity (Wildman–Crippen MR) is 67.3 cm³/mol. The Morgan fingerprint density at radius 2 is 2.22 bits per heavy atom. The molecule has 0 saturated carbocycles. The number of carbonyl (C=O) groups is 2. The Hall–Kier alpha value is -1.52. The van der Waals surface area contributed by atoms with Gasteiger partial charge in [0.05, 0.1) is 6.42 Å². The normalized spacial score (nSPS) is 24.1. The summed E-state index contributed by atoms with van der Waals surface area (Å²) in [7, 11) is 0. The zero-order valence-electron chi connectivity index (χ0n) is 10.8. The number of carboxylic acids is 1. The van der Waals surface area contributed by atoms with Gasteiger partial charge in [-0.2, -0.15) is 0 Å². The number of nitrogens with zero attached hydrogens (tertiary/aromatic N) is 2. The fourth-order valence-electron chi connectivity index (χ4n) is 2.63. The van der Waals surface area contributed by atoms with Crippen LogP contribution in [-0.2, 0) is 4.79 Å². The summed E-state index contributed by atoms with van der Waals surface area (Å²) in [5, 5.41) is 8.86. The highest BCUT2D eigenvalue weighted by Gasteiger charge is 2.33. The number of carboxylic acid groups (broad SMARTS) is 1. The van der Waals surface area contributed by atoms with E-state index in [9.17, 15) is 9.59 Å². The summed E-state index contributed by atoms with van der Waals surface area (Å²) in [5.41, 5.74) is 1.32. The van der Waals surface area contributed by atoms with Gasteiger partial charge in [0, 0.05) is 25.7 Å². The van der Waals surface area contributed by atoms with Crippen molar-refractivity contribution in [1.29, 1.82) is 0 Å². The van der Waals surface area contributed by atoms with Crippen LogP contribution in [0.25, 0.3) is 0 Å². The largest absolute Gasteiger partial charge is 0.481 e. The summed E-state index contributed by atoms with van der Waals surface area (Å²) in [6.45, 7) is 4.17. The second-order valence-corrected chi connectivity index (χ2v) is 5.12. The van der Waals surface area contributed by atoms with E-state index in [-0.39, 0.29) is 18.5 Å². The van der Waals surface area contributed by atoms with Gasteiger partial charge in [-0.05, 0) is 26.2 Å².